The molecule has 2 N–H and O–H groups in total. The molecule has 1 unspecified atom stereocenters. The van der Waals surface area contributed by atoms with Crippen molar-refractivity contribution in [2.45, 2.75) is 57.8 Å². The fourth-order valence-electron chi connectivity index (χ4n) is 2.57. The molecule has 25 heavy (non-hydrogen) atoms. The lowest BCUT2D eigenvalue weighted by Crippen LogP contribution is -2.33. The standard InChI is InChI=1S/C19H29NO5/c1-19(2,3)25-18(22)20-10-9-17(21)14-6-4-7-15(12-14)24-13-16-8-5-11-23-16/h4,6-7,12,16-17,21H,5,8-11,13H2,1-3H3,(H,20,22)/t16?,17-/m1/s1. The van der Waals surface area contributed by atoms with Gasteiger partial charge in [-0.1, -0.05) is 12.1 Å². The number of rotatable bonds is 7. The van der Waals surface area contributed by atoms with Gasteiger partial charge in [-0.25, -0.2) is 4.79 Å². The Morgan fingerprint density at radius 1 is 1.44 bits per heavy atom. The van der Waals surface area contributed by atoms with Crippen molar-refractivity contribution in [3.63, 3.8) is 0 Å². The number of aliphatic hydroxyl groups is 1. The number of carbonyl (C=O) groups is 1. The molecule has 1 heterocycles. The summed E-state index contributed by atoms with van der Waals surface area (Å²) in [5.74, 6) is 0.715. The Balaban J connectivity index is 1.76. The second-order valence-electron chi connectivity index (χ2n) is 7.25. The van der Waals surface area contributed by atoms with Gasteiger partial charge in [0.05, 0.1) is 12.2 Å². The Labute approximate surface area is 149 Å². The fraction of sp³-hybridized carbons (Fsp3) is 0.632. The van der Waals surface area contributed by atoms with E-state index in [1.807, 2.05) is 45.0 Å². The normalized spacial score (nSPS) is 18.6. The minimum atomic E-state index is -0.679. The Hall–Kier alpha value is -1.79. The van der Waals surface area contributed by atoms with Crippen molar-refractivity contribution < 1.29 is 24.1 Å². The van der Waals surface area contributed by atoms with Gasteiger partial charge in [0, 0.05) is 13.2 Å². The summed E-state index contributed by atoms with van der Waals surface area (Å²) in [6.45, 7) is 7.09. The molecule has 6 heteroatoms. The third-order valence-electron chi connectivity index (χ3n) is 3.79. The van der Waals surface area contributed by atoms with Crippen molar-refractivity contribution in [3.8, 4) is 5.75 Å². The minimum absolute atomic E-state index is 0.159. The van der Waals surface area contributed by atoms with Gasteiger partial charge in [-0.3, -0.25) is 0 Å². The van der Waals surface area contributed by atoms with E-state index in [4.69, 9.17) is 14.2 Å². The van der Waals surface area contributed by atoms with Crippen LogP contribution in [0.3, 0.4) is 0 Å². The van der Waals surface area contributed by atoms with E-state index >= 15 is 0 Å². The highest BCUT2D eigenvalue weighted by atomic mass is 16.6. The molecule has 1 saturated heterocycles. The van der Waals surface area contributed by atoms with Gasteiger partial charge in [0.15, 0.2) is 0 Å². The van der Waals surface area contributed by atoms with Crippen LogP contribution in [0.15, 0.2) is 24.3 Å². The van der Waals surface area contributed by atoms with Gasteiger partial charge in [-0.05, 0) is 57.7 Å². The molecule has 1 fully saturated rings. The van der Waals surface area contributed by atoms with E-state index in [0.717, 1.165) is 25.0 Å². The number of hydrogen-bond donors (Lipinski definition) is 2. The lowest BCUT2D eigenvalue weighted by Gasteiger charge is -2.20. The van der Waals surface area contributed by atoms with E-state index in [2.05, 4.69) is 5.32 Å². The maximum atomic E-state index is 11.6. The fourth-order valence-corrected chi connectivity index (χ4v) is 2.57. The Kier molecular flexibility index (Phi) is 7.08. The van der Waals surface area contributed by atoms with Crippen LogP contribution in [0.25, 0.3) is 0 Å². The van der Waals surface area contributed by atoms with Crippen LogP contribution < -0.4 is 10.1 Å². The molecule has 0 aliphatic carbocycles. The zero-order valence-electron chi connectivity index (χ0n) is 15.3. The second kappa shape index (κ2) is 9.06. The quantitative estimate of drug-likeness (QED) is 0.789. The average molecular weight is 351 g/mol. The third-order valence-corrected chi connectivity index (χ3v) is 3.79. The van der Waals surface area contributed by atoms with Crippen molar-refractivity contribution in [3.05, 3.63) is 29.8 Å². The Morgan fingerprint density at radius 2 is 2.24 bits per heavy atom. The van der Waals surface area contributed by atoms with E-state index in [-0.39, 0.29) is 6.10 Å². The maximum Gasteiger partial charge on any atom is 0.407 e. The topological polar surface area (TPSA) is 77.0 Å². The molecular formula is C19H29NO5. The van der Waals surface area contributed by atoms with E-state index in [1.165, 1.54) is 0 Å². The van der Waals surface area contributed by atoms with Gasteiger partial charge in [0.2, 0.25) is 0 Å². The lowest BCUT2D eigenvalue weighted by molar-refractivity contribution is 0.0518. The molecular weight excluding hydrogens is 322 g/mol. The predicted molar refractivity (Wildman–Crippen MR) is 94.7 cm³/mol. The molecule has 2 atom stereocenters. The van der Waals surface area contributed by atoms with Crippen LogP contribution in [0.2, 0.25) is 0 Å². The van der Waals surface area contributed by atoms with Crippen LogP contribution in [0.1, 0.15) is 51.7 Å². The summed E-state index contributed by atoms with van der Waals surface area (Å²) in [7, 11) is 0. The maximum absolute atomic E-state index is 11.6. The molecule has 0 spiro atoms. The number of hydrogen-bond acceptors (Lipinski definition) is 5. The number of ether oxygens (including phenoxy) is 3. The van der Waals surface area contributed by atoms with Crippen molar-refractivity contribution >= 4 is 6.09 Å². The molecule has 6 nitrogen and oxygen atoms in total. The van der Waals surface area contributed by atoms with Crippen LogP contribution in [-0.4, -0.2) is 42.7 Å². The first kappa shape index (κ1) is 19.5. The molecule has 0 bridgehead atoms. The van der Waals surface area contributed by atoms with E-state index in [9.17, 15) is 9.90 Å². The second-order valence-corrected chi connectivity index (χ2v) is 7.25. The number of aliphatic hydroxyl groups excluding tert-OH is 1. The number of carbonyl (C=O) groups excluding carboxylic acids is 1. The molecule has 1 aliphatic rings. The molecule has 0 radical (unpaired) electrons. The summed E-state index contributed by atoms with van der Waals surface area (Å²) in [6, 6.07) is 7.39. The zero-order valence-corrected chi connectivity index (χ0v) is 15.3. The van der Waals surface area contributed by atoms with Crippen molar-refractivity contribution in [2.75, 3.05) is 19.8 Å². The summed E-state index contributed by atoms with van der Waals surface area (Å²) >= 11 is 0. The highest BCUT2D eigenvalue weighted by molar-refractivity contribution is 5.67. The lowest BCUT2D eigenvalue weighted by atomic mass is 10.1. The summed E-state index contributed by atoms with van der Waals surface area (Å²) in [4.78, 5) is 11.6. The van der Waals surface area contributed by atoms with Gasteiger partial charge in [-0.2, -0.15) is 0 Å². The summed E-state index contributed by atoms with van der Waals surface area (Å²) in [5.41, 5.74) is 0.230. The molecule has 2 rings (SSSR count). The minimum Gasteiger partial charge on any atom is -0.491 e. The molecule has 1 amide bonds. The van der Waals surface area contributed by atoms with Crippen LogP contribution in [0, 0.1) is 0 Å². The highest BCUT2D eigenvalue weighted by Crippen LogP contribution is 2.22. The van der Waals surface area contributed by atoms with Gasteiger partial charge in [-0.15, -0.1) is 0 Å². The Bertz CT molecular complexity index is 549. The van der Waals surface area contributed by atoms with Gasteiger partial charge in [0.1, 0.15) is 18.0 Å². The molecule has 1 aromatic carbocycles. The van der Waals surface area contributed by atoms with Gasteiger partial charge >= 0.3 is 6.09 Å². The first-order valence-corrected chi connectivity index (χ1v) is 8.83. The largest absolute Gasteiger partial charge is 0.491 e. The molecule has 140 valence electrons. The van der Waals surface area contributed by atoms with E-state index in [0.29, 0.717) is 25.3 Å². The molecule has 0 saturated carbocycles. The highest BCUT2D eigenvalue weighted by Gasteiger charge is 2.17. The molecule has 1 aromatic rings. The predicted octanol–water partition coefficient (Wildman–Crippen LogP) is 3.19. The summed E-state index contributed by atoms with van der Waals surface area (Å²) in [5, 5.41) is 12.9. The van der Waals surface area contributed by atoms with Crippen molar-refractivity contribution in [1.29, 1.82) is 0 Å². The van der Waals surface area contributed by atoms with Crippen LogP contribution in [0.4, 0.5) is 4.79 Å². The first-order chi connectivity index (χ1) is 11.8. The summed E-state index contributed by atoms with van der Waals surface area (Å²) in [6.07, 6.45) is 1.51. The van der Waals surface area contributed by atoms with Gasteiger partial charge < -0.3 is 24.6 Å². The number of nitrogens with one attached hydrogen (secondary N) is 1. The number of amides is 1. The molecule has 0 aromatic heterocycles. The Morgan fingerprint density at radius 3 is 2.92 bits per heavy atom. The average Bonchev–Trinajstić information content (AvgIpc) is 3.05. The van der Waals surface area contributed by atoms with E-state index < -0.39 is 17.8 Å². The number of benzene rings is 1. The monoisotopic (exact) mass is 351 g/mol. The zero-order chi connectivity index (χ0) is 18.3. The SMILES string of the molecule is CC(C)(C)OC(=O)NCC[C@@H](O)c1cccc(OCC2CCCO2)c1. The van der Waals surface area contributed by atoms with E-state index in [1.54, 1.807) is 0 Å². The third kappa shape index (κ3) is 7.32. The molecule has 1 aliphatic heterocycles. The number of alkyl carbamates (subject to hydrolysis) is 1. The smallest absolute Gasteiger partial charge is 0.407 e. The van der Waals surface area contributed by atoms with Crippen LogP contribution in [-0.2, 0) is 9.47 Å². The van der Waals surface area contributed by atoms with Gasteiger partial charge in [0.25, 0.3) is 0 Å². The van der Waals surface area contributed by atoms with Crippen molar-refractivity contribution in [1.82, 2.24) is 5.32 Å². The van der Waals surface area contributed by atoms with Crippen LogP contribution >= 0.6 is 0 Å². The van der Waals surface area contributed by atoms with Crippen molar-refractivity contribution in [2.24, 2.45) is 0 Å². The van der Waals surface area contributed by atoms with Crippen LogP contribution in [0.5, 0.6) is 5.75 Å². The first-order valence-electron chi connectivity index (χ1n) is 8.83. The summed E-state index contributed by atoms with van der Waals surface area (Å²) < 4.78 is 16.4.